The van der Waals surface area contributed by atoms with Gasteiger partial charge in [-0.3, -0.25) is 4.79 Å². The lowest BCUT2D eigenvalue weighted by atomic mass is 10.1. The molecule has 114 valence electrons. The number of ether oxygens (including phenoxy) is 1. The Bertz CT molecular complexity index is 634. The summed E-state index contributed by atoms with van der Waals surface area (Å²) in [7, 11) is -3.15. The summed E-state index contributed by atoms with van der Waals surface area (Å²) in [5.41, 5.74) is 0.0426. The molecule has 1 saturated heterocycles. The molecule has 0 radical (unpaired) electrons. The molecule has 2 rings (SSSR count). The zero-order chi connectivity index (χ0) is 15.6. The van der Waals surface area contributed by atoms with Crippen LogP contribution in [0.2, 0.25) is 0 Å². The molecule has 0 aliphatic carbocycles. The van der Waals surface area contributed by atoms with Gasteiger partial charge in [-0.1, -0.05) is 0 Å². The minimum Gasteiger partial charge on any atom is -0.443 e. The maximum absolute atomic E-state index is 11.9. The summed E-state index contributed by atoms with van der Waals surface area (Å²) in [4.78, 5) is 23.7. The van der Waals surface area contributed by atoms with Gasteiger partial charge in [0.05, 0.1) is 17.5 Å². The Morgan fingerprint density at radius 3 is 2.81 bits per heavy atom. The quantitative estimate of drug-likeness (QED) is 0.655. The van der Waals surface area contributed by atoms with Crippen molar-refractivity contribution in [2.24, 2.45) is 5.10 Å². The monoisotopic (exact) mass is 313 g/mol. The molecule has 0 bridgehead atoms. The fraction of sp³-hybridized carbons (Fsp3) is 0.667. The molecule has 2 aliphatic heterocycles. The SMILES string of the molecule is C[C@@H](C#N)OC(=O)C1=NN([C@@H]2CCS(=O)(=O)C2)C(=O)CC1. The summed E-state index contributed by atoms with van der Waals surface area (Å²) < 4.78 is 27.8. The van der Waals surface area contributed by atoms with Gasteiger partial charge < -0.3 is 4.74 Å². The summed E-state index contributed by atoms with van der Waals surface area (Å²) in [5.74, 6) is -1.18. The number of hydrazone groups is 1. The molecule has 9 heteroatoms. The fourth-order valence-corrected chi connectivity index (χ4v) is 3.92. The number of carbonyl (C=O) groups is 2. The van der Waals surface area contributed by atoms with Crippen LogP contribution in [0.25, 0.3) is 0 Å². The van der Waals surface area contributed by atoms with Gasteiger partial charge in [-0.2, -0.15) is 10.4 Å². The first kappa shape index (κ1) is 15.4. The Hall–Kier alpha value is -1.95. The van der Waals surface area contributed by atoms with Crippen molar-refractivity contribution in [3.05, 3.63) is 0 Å². The van der Waals surface area contributed by atoms with E-state index in [-0.39, 0.29) is 36.0 Å². The first-order valence-corrected chi connectivity index (χ1v) is 8.35. The molecule has 0 aromatic carbocycles. The third-order valence-electron chi connectivity index (χ3n) is 3.32. The zero-order valence-electron chi connectivity index (χ0n) is 11.5. The largest absolute Gasteiger partial charge is 0.443 e. The maximum Gasteiger partial charge on any atom is 0.355 e. The predicted octanol–water partition coefficient (Wildman–Crippen LogP) is -0.393. The van der Waals surface area contributed by atoms with Gasteiger partial charge in [0.1, 0.15) is 11.8 Å². The van der Waals surface area contributed by atoms with Crippen molar-refractivity contribution in [2.75, 3.05) is 11.5 Å². The van der Waals surface area contributed by atoms with E-state index in [9.17, 15) is 18.0 Å². The van der Waals surface area contributed by atoms with Gasteiger partial charge in [-0.25, -0.2) is 18.2 Å². The minimum atomic E-state index is -3.15. The highest BCUT2D eigenvalue weighted by atomic mass is 32.2. The van der Waals surface area contributed by atoms with Crippen LogP contribution in [0, 0.1) is 11.3 Å². The maximum atomic E-state index is 11.9. The normalized spacial score (nSPS) is 25.9. The molecule has 0 saturated carbocycles. The topological polar surface area (TPSA) is 117 Å². The van der Waals surface area contributed by atoms with Crippen LogP contribution in [0.5, 0.6) is 0 Å². The van der Waals surface area contributed by atoms with E-state index in [0.717, 1.165) is 5.01 Å². The lowest BCUT2D eigenvalue weighted by Crippen LogP contribution is -2.42. The van der Waals surface area contributed by atoms with Gasteiger partial charge in [-0.05, 0) is 13.3 Å². The number of rotatable bonds is 3. The number of carbonyl (C=O) groups excluding carboxylic acids is 2. The molecule has 21 heavy (non-hydrogen) atoms. The van der Waals surface area contributed by atoms with E-state index in [1.165, 1.54) is 6.92 Å². The van der Waals surface area contributed by atoms with Crippen molar-refractivity contribution in [2.45, 2.75) is 38.3 Å². The third-order valence-corrected chi connectivity index (χ3v) is 5.07. The van der Waals surface area contributed by atoms with Crippen LogP contribution in [0.1, 0.15) is 26.2 Å². The van der Waals surface area contributed by atoms with Crippen LogP contribution < -0.4 is 0 Å². The predicted molar refractivity (Wildman–Crippen MR) is 71.7 cm³/mol. The van der Waals surface area contributed by atoms with Crippen LogP contribution in [-0.4, -0.2) is 54.7 Å². The van der Waals surface area contributed by atoms with E-state index >= 15 is 0 Å². The van der Waals surface area contributed by atoms with Crippen molar-refractivity contribution in [3.8, 4) is 6.07 Å². The summed E-state index contributed by atoms with van der Waals surface area (Å²) in [6.07, 6.45) is -0.385. The van der Waals surface area contributed by atoms with E-state index in [2.05, 4.69) is 5.10 Å². The number of sulfone groups is 1. The van der Waals surface area contributed by atoms with Crippen molar-refractivity contribution in [3.63, 3.8) is 0 Å². The van der Waals surface area contributed by atoms with Gasteiger partial charge in [0, 0.05) is 12.8 Å². The number of esters is 1. The molecule has 2 atom stereocenters. The third kappa shape index (κ3) is 3.58. The van der Waals surface area contributed by atoms with Gasteiger partial charge in [0.15, 0.2) is 15.9 Å². The van der Waals surface area contributed by atoms with Crippen molar-refractivity contribution < 1.29 is 22.7 Å². The second-order valence-corrected chi connectivity index (χ2v) is 7.25. The van der Waals surface area contributed by atoms with Crippen molar-refractivity contribution >= 4 is 27.4 Å². The minimum absolute atomic E-state index is 0.0161. The molecule has 1 fully saturated rings. The second-order valence-electron chi connectivity index (χ2n) is 5.02. The summed E-state index contributed by atoms with van der Waals surface area (Å²) in [5, 5.41) is 13.6. The Labute approximate surface area is 122 Å². The lowest BCUT2D eigenvalue weighted by molar-refractivity contribution is -0.138. The van der Waals surface area contributed by atoms with Crippen LogP contribution in [0.3, 0.4) is 0 Å². The van der Waals surface area contributed by atoms with Crippen molar-refractivity contribution in [1.82, 2.24) is 5.01 Å². The highest BCUT2D eigenvalue weighted by Crippen LogP contribution is 2.22. The molecule has 2 aliphatic rings. The summed E-state index contributed by atoms with van der Waals surface area (Å²) >= 11 is 0. The summed E-state index contributed by atoms with van der Waals surface area (Å²) in [6.45, 7) is 1.42. The van der Waals surface area contributed by atoms with Crippen LogP contribution in [-0.2, 0) is 24.2 Å². The fourth-order valence-electron chi connectivity index (χ4n) is 2.23. The number of hydrogen-bond acceptors (Lipinski definition) is 7. The standard InChI is InChI=1S/C12H15N3O5S/c1-8(6-13)20-12(17)10-2-3-11(16)15(14-10)9-4-5-21(18,19)7-9/h8-9H,2-5,7H2,1H3/t8-,9+/m0/s1. The van der Waals surface area contributed by atoms with Crippen LogP contribution in [0.4, 0.5) is 0 Å². The number of nitriles is 1. The molecular weight excluding hydrogens is 298 g/mol. The van der Waals surface area contributed by atoms with Gasteiger partial charge in [0.2, 0.25) is 5.91 Å². The Morgan fingerprint density at radius 1 is 1.52 bits per heavy atom. The number of hydrogen-bond donors (Lipinski definition) is 0. The highest BCUT2D eigenvalue weighted by Gasteiger charge is 2.37. The highest BCUT2D eigenvalue weighted by molar-refractivity contribution is 7.91. The van der Waals surface area contributed by atoms with E-state index in [1.54, 1.807) is 6.07 Å². The Morgan fingerprint density at radius 2 is 2.24 bits per heavy atom. The zero-order valence-corrected chi connectivity index (χ0v) is 12.3. The average molecular weight is 313 g/mol. The molecule has 8 nitrogen and oxygen atoms in total. The molecular formula is C12H15N3O5S. The number of amides is 1. The first-order chi connectivity index (χ1) is 9.82. The van der Waals surface area contributed by atoms with E-state index in [0.29, 0.717) is 6.42 Å². The second kappa shape index (κ2) is 5.81. The Balaban J connectivity index is 2.14. The molecule has 0 spiro atoms. The van der Waals surface area contributed by atoms with E-state index in [1.807, 2.05) is 0 Å². The molecule has 0 unspecified atom stereocenters. The van der Waals surface area contributed by atoms with Gasteiger partial charge >= 0.3 is 5.97 Å². The molecule has 0 N–H and O–H groups in total. The molecule has 0 aromatic rings. The van der Waals surface area contributed by atoms with E-state index < -0.39 is 28.0 Å². The molecule has 1 amide bonds. The molecule has 0 aromatic heterocycles. The first-order valence-electron chi connectivity index (χ1n) is 6.53. The van der Waals surface area contributed by atoms with Crippen LogP contribution in [0.15, 0.2) is 5.10 Å². The van der Waals surface area contributed by atoms with Gasteiger partial charge in [0.25, 0.3) is 0 Å². The van der Waals surface area contributed by atoms with E-state index in [4.69, 9.17) is 10.00 Å². The van der Waals surface area contributed by atoms with Gasteiger partial charge in [-0.15, -0.1) is 0 Å². The summed E-state index contributed by atoms with van der Waals surface area (Å²) in [6, 6.07) is 1.23. The van der Waals surface area contributed by atoms with Crippen LogP contribution >= 0.6 is 0 Å². The lowest BCUT2D eigenvalue weighted by Gasteiger charge is -2.27. The van der Waals surface area contributed by atoms with Crippen molar-refractivity contribution in [1.29, 1.82) is 5.26 Å². The number of nitrogens with zero attached hydrogens (tertiary/aromatic N) is 3. The average Bonchev–Trinajstić information content (AvgIpc) is 2.79. The molecule has 2 heterocycles. The Kier molecular flexibility index (Phi) is 4.27. The smallest absolute Gasteiger partial charge is 0.355 e.